The maximum atomic E-state index is 12.4. The first-order valence-corrected chi connectivity index (χ1v) is 8.84. The van der Waals surface area contributed by atoms with Crippen LogP contribution in [0.1, 0.15) is 25.7 Å². The number of nitrogens with one attached hydrogen (secondary N) is 2. The molecule has 136 valence electrons. The Bertz CT molecular complexity index is 696. The topological polar surface area (TPSA) is 110 Å². The van der Waals surface area contributed by atoms with Gasteiger partial charge in [0.05, 0.1) is 0 Å². The van der Waals surface area contributed by atoms with Crippen molar-refractivity contribution in [3.8, 4) is 0 Å². The first-order valence-electron chi connectivity index (χ1n) is 8.84. The molecule has 0 aliphatic heterocycles. The Morgan fingerprint density at radius 1 is 0.654 bits per heavy atom. The molecular weight excluding hydrogens is 328 g/mol. The molecule has 3 rings (SSSR count). The number of nitrogens with two attached hydrogens (primary N) is 2. The smallest absolute Gasteiger partial charge is 0.227 e. The van der Waals surface area contributed by atoms with E-state index in [1.54, 1.807) is 48.5 Å². The molecule has 6 heteroatoms. The van der Waals surface area contributed by atoms with Crippen LogP contribution in [-0.2, 0) is 9.59 Å². The molecule has 2 aromatic carbocycles. The van der Waals surface area contributed by atoms with Gasteiger partial charge in [0.25, 0.3) is 0 Å². The van der Waals surface area contributed by atoms with Crippen LogP contribution in [0.4, 0.5) is 22.7 Å². The number of hydrogen-bond acceptors (Lipinski definition) is 4. The maximum Gasteiger partial charge on any atom is 0.227 e. The number of carbonyl (C=O) groups is 2. The van der Waals surface area contributed by atoms with E-state index in [1.165, 1.54) is 0 Å². The molecule has 0 unspecified atom stereocenters. The quantitative estimate of drug-likeness (QED) is 0.633. The third-order valence-electron chi connectivity index (χ3n) is 4.83. The van der Waals surface area contributed by atoms with Crippen LogP contribution in [0.15, 0.2) is 48.5 Å². The molecule has 6 nitrogen and oxygen atoms in total. The first-order chi connectivity index (χ1) is 12.5. The van der Waals surface area contributed by atoms with Gasteiger partial charge in [-0.1, -0.05) is 0 Å². The number of hydrogen-bond donors (Lipinski definition) is 4. The summed E-state index contributed by atoms with van der Waals surface area (Å²) < 4.78 is 0. The van der Waals surface area contributed by atoms with Crippen molar-refractivity contribution in [1.29, 1.82) is 0 Å². The number of anilines is 4. The lowest BCUT2D eigenvalue weighted by molar-refractivity contribution is -0.125. The summed E-state index contributed by atoms with van der Waals surface area (Å²) in [6, 6.07) is 14.2. The summed E-state index contributed by atoms with van der Waals surface area (Å²) in [5, 5.41) is 5.84. The molecule has 2 amide bonds. The van der Waals surface area contributed by atoms with Gasteiger partial charge in [-0.15, -0.1) is 0 Å². The minimum Gasteiger partial charge on any atom is -0.399 e. The summed E-state index contributed by atoms with van der Waals surface area (Å²) in [6.07, 6.45) is 2.84. The predicted molar refractivity (Wildman–Crippen MR) is 104 cm³/mol. The van der Waals surface area contributed by atoms with Crippen molar-refractivity contribution in [3.05, 3.63) is 48.5 Å². The van der Waals surface area contributed by atoms with Crippen LogP contribution in [0.5, 0.6) is 0 Å². The molecule has 0 heterocycles. The Morgan fingerprint density at radius 2 is 0.962 bits per heavy atom. The fraction of sp³-hybridized carbons (Fsp3) is 0.300. The molecule has 0 bridgehead atoms. The second-order valence-electron chi connectivity index (χ2n) is 6.77. The summed E-state index contributed by atoms with van der Waals surface area (Å²) in [5.41, 5.74) is 14.1. The van der Waals surface area contributed by atoms with Crippen molar-refractivity contribution in [2.45, 2.75) is 25.7 Å². The van der Waals surface area contributed by atoms with E-state index in [0.717, 1.165) is 11.4 Å². The Kier molecular flexibility index (Phi) is 5.41. The minimum atomic E-state index is -0.0619. The number of carbonyl (C=O) groups excluding carboxylic acids is 2. The SMILES string of the molecule is Nc1ccc(NC(=O)C2CCC(C(=O)Nc3ccc(N)cc3)CC2)cc1. The van der Waals surface area contributed by atoms with Crippen molar-refractivity contribution in [2.75, 3.05) is 22.1 Å². The highest BCUT2D eigenvalue weighted by Gasteiger charge is 2.30. The fourth-order valence-corrected chi connectivity index (χ4v) is 3.24. The lowest BCUT2D eigenvalue weighted by Gasteiger charge is -2.27. The molecule has 1 saturated carbocycles. The molecule has 0 atom stereocenters. The molecule has 26 heavy (non-hydrogen) atoms. The molecule has 6 N–H and O–H groups in total. The molecule has 1 fully saturated rings. The zero-order valence-electron chi connectivity index (χ0n) is 14.6. The van der Waals surface area contributed by atoms with Crippen molar-refractivity contribution in [1.82, 2.24) is 0 Å². The minimum absolute atomic E-state index is 0.00663. The van der Waals surface area contributed by atoms with Crippen molar-refractivity contribution in [2.24, 2.45) is 11.8 Å². The monoisotopic (exact) mass is 352 g/mol. The zero-order valence-corrected chi connectivity index (χ0v) is 14.6. The van der Waals surface area contributed by atoms with Gasteiger partial charge < -0.3 is 22.1 Å². The summed E-state index contributed by atoms with van der Waals surface area (Å²) in [7, 11) is 0. The summed E-state index contributed by atoms with van der Waals surface area (Å²) in [4.78, 5) is 24.8. The molecule has 0 spiro atoms. The van der Waals surface area contributed by atoms with Gasteiger partial charge in [0.15, 0.2) is 0 Å². The van der Waals surface area contributed by atoms with Gasteiger partial charge in [-0.05, 0) is 74.2 Å². The second-order valence-corrected chi connectivity index (χ2v) is 6.77. The highest BCUT2D eigenvalue weighted by atomic mass is 16.2. The lowest BCUT2D eigenvalue weighted by Crippen LogP contribution is -2.32. The lowest BCUT2D eigenvalue weighted by atomic mass is 9.81. The number of benzene rings is 2. The van der Waals surface area contributed by atoms with Crippen molar-refractivity contribution < 1.29 is 9.59 Å². The second kappa shape index (κ2) is 7.91. The van der Waals surface area contributed by atoms with Crippen LogP contribution in [0.2, 0.25) is 0 Å². The Hall–Kier alpha value is -3.02. The van der Waals surface area contributed by atoms with E-state index in [-0.39, 0.29) is 23.7 Å². The zero-order chi connectivity index (χ0) is 18.5. The first kappa shape index (κ1) is 17.8. The van der Waals surface area contributed by atoms with E-state index in [2.05, 4.69) is 10.6 Å². The summed E-state index contributed by atoms with van der Waals surface area (Å²) in [5.74, 6) is -0.111. The van der Waals surface area contributed by atoms with Gasteiger partial charge >= 0.3 is 0 Å². The Balaban J connectivity index is 1.48. The van der Waals surface area contributed by atoms with Crippen LogP contribution >= 0.6 is 0 Å². The van der Waals surface area contributed by atoms with Gasteiger partial charge in [0.2, 0.25) is 11.8 Å². The predicted octanol–water partition coefficient (Wildman–Crippen LogP) is 3.23. The Labute approximate surface area is 153 Å². The molecule has 0 aromatic heterocycles. The molecule has 1 aliphatic carbocycles. The van der Waals surface area contributed by atoms with Gasteiger partial charge in [-0.3, -0.25) is 9.59 Å². The van der Waals surface area contributed by atoms with Crippen molar-refractivity contribution >= 4 is 34.6 Å². The highest BCUT2D eigenvalue weighted by molar-refractivity contribution is 5.94. The normalized spacial score (nSPS) is 19.5. The van der Waals surface area contributed by atoms with Crippen LogP contribution in [0.3, 0.4) is 0 Å². The van der Waals surface area contributed by atoms with Gasteiger partial charge in [-0.25, -0.2) is 0 Å². The average molecular weight is 352 g/mol. The fourth-order valence-electron chi connectivity index (χ4n) is 3.24. The molecule has 0 radical (unpaired) electrons. The summed E-state index contributed by atoms with van der Waals surface area (Å²) >= 11 is 0. The Morgan fingerprint density at radius 3 is 1.27 bits per heavy atom. The van der Waals surface area contributed by atoms with E-state index in [0.29, 0.717) is 37.1 Å². The van der Waals surface area contributed by atoms with E-state index in [9.17, 15) is 9.59 Å². The maximum absolute atomic E-state index is 12.4. The van der Waals surface area contributed by atoms with Gasteiger partial charge in [-0.2, -0.15) is 0 Å². The van der Waals surface area contributed by atoms with Gasteiger partial charge in [0.1, 0.15) is 0 Å². The standard InChI is InChI=1S/C20H24N4O2/c21-15-5-9-17(10-6-15)23-19(25)13-1-2-14(4-3-13)20(26)24-18-11-7-16(22)8-12-18/h5-14H,1-4,21-22H2,(H,23,25)(H,24,26). The van der Waals surface area contributed by atoms with Crippen LogP contribution in [0, 0.1) is 11.8 Å². The molecule has 2 aromatic rings. The number of amides is 2. The molecule has 0 saturated heterocycles. The number of nitrogen functional groups attached to an aromatic ring is 2. The van der Waals surface area contributed by atoms with E-state index in [4.69, 9.17) is 11.5 Å². The van der Waals surface area contributed by atoms with E-state index in [1.807, 2.05) is 0 Å². The van der Waals surface area contributed by atoms with Gasteiger partial charge in [0, 0.05) is 34.6 Å². The molecule has 1 aliphatic rings. The largest absolute Gasteiger partial charge is 0.399 e. The van der Waals surface area contributed by atoms with Crippen LogP contribution in [-0.4, -0.2) is 11.8 Å². The average Bonchev–Trinajstić information content (AvgIpc) is 2.65. The van der Waals surface area contributed by atoms with E-state index < -0.39 is 0 Å². The number of rotatable bonds is 4. The van der Waals surface area contributed by atoms with Crippen LogP contribution in [0.25, 0.3) is 0 Å². The van der Waals surface area contributed by atoms with Crippen LogP contribution < -0.4 is 22.1 Å². The summed E-state index contributed by atoms with van der Waals surface area (Å²) in [6.45, 7) is 0. The van der Waals surface area contributed by atoms with Crippen molar-refractivity contribution in [3.63, 3.8) is 0 Å². The third kappa shape index (κ3) is 4.53. The molecular formula is C20H24N4O2. The third-order valence-corrected chi connectivity index (χ3v) is 4.83. The van der Waals surface area contributed by atoms with E-state index >= 15 is 0 Å². The highest BCUT2D eigenvalue weighted by Crippen LogP contribution is 2.30.